The highest BCUT2D eigenvalue weighted by atomic mass is 14.9. The molecular formula is C16H25N. The standard InChI is InChI=1S/C16H25N/c1-4-17-16(10-14-7-8-14)11-15-9-12(2)5-6-13(15)3/h5-6,9,14,16-17H,4,7-8,10-11H2,1-3H3. The van der Waals surface area contributed by atoms with Crippen LogP contribution in [0.15, 0.2) is 18.2 Å². The van der Waals surface area contributed by atoms with Gasteiger partial charge in [0.05, 0.1) is 0 Å². The molecule has 0 amide bonds. The van der Waals surface area contributed by atoms with Crippen molar-refractivity contribution in [3.63, 3.8) is 0 Å². The minimum absolute atomic E-state index is 0.674. The molecule has 0 spiro atoms. The molecule has 0 saturated heterocycles. The molecule has 94 valence electrons. The van der Waals surface area contributed by atoms with Gasteiger partial charge in [-0.2, -0.15) is 0 Å². The van der Waals surface area contributed by atoms with E-state index in [1.165, 1.54) is 42.4 Å². The Bertz CT molecular complexity index is 366. The Morgan fingerprint density at radius 2 is 2.06 bits per heavy atom. The molecule has 1 nitrogen and oxygen atoms in total. The lowest BCUT2D eigenvalue weighted by molar-refractivity contribution is 0.465. The van der Waals surface area contributed by atoms with Crippen LogP contribution in [0.2, 0.25) is 0 Å². The molecule has 1 aromatic rings. The van der Waals surface area contributed by atoms with Gasteiger partial charge in [-0.25, -0.2) is 0 Å². The molecule has 0 radical (unpaired) electrons. The van der Waals surface area contributed by atoms with Gasteiger partial charge in [0, 0.05) is 6.04 Å². The van der Waals surface area contributed by atoms with E-state index >= 15 is 0 Å². The van der Waals surface area contributed by atoms with Crippen molar-refractivity contribution >= 4 is 0 Å². The fourth-order valence-corrected chi connectivity index (χ4v) is 2.57. The van der Waals surface area contributed by atoms with Crippen molar-refractivity contribution in [2.24, 2.45) is 5.92 Å². The van der Waals surface area contributed by atoms with E-state index in [0.717, 1.165) is 12.5 Å². The van der Waals surface area contributed by atoms with Gasteiger partial charge in [-0.1, -0.05) is 43.5 Å². The topological polar surface area (TPSA) is 12.0 Å². The molecule has 1 aromatic carbocycles. The second kappa shape index (κ2) is 5.68. The number of rotatable bonds is 6. The van der Waals surface area contributed by atoms with Crippen LogP contribution in [0.4, 0.5) is 0 Å². The molecule has 0 aromatic heterocycles. The van der Waals surface area contributed by atoms with Crippen LogP contribution in [0.1, 0.15) is 42.9 Å². The highest BCUT2D eigenvalue weighted by Gasteiger charge is 2.25. The molecule has 1 saturated carbocycles. The van der Waals surface area contributed by atoms with Crippen LogP contribution in [0, 0.1) is 19.8 Å². The summed E-state index contributed by atoms with van der Waals surface area (Å²) in [5, 5.41) is 3.65. The van der Waals surface area contributed by atoms with Gasteiger partial charge in [0.25, 0.3) is 0 Å². The predicted molar refractivity (Wildman–Crippen MR) is 74.4 cm³/mol. The number of likely N-dealkylation sites (N-methyl/N-ethyl adjacent to an activating group) is 1. The second-order valence-electron chi connectivity index (χ2n) is 5.57. The van der Waals surface area contributed by atoms with Crippen LogP contribution in [-0.4, -0.2) is 12.6 Å². The van der Waals surface area contributed by atoms with Crippen molar-refractivity contribution in [3.05, 3.63) is 34.9 Å². The first-order valence-corrected chi connectivity index (χ1v) is 6.98. The van der Waals surface area contributed by atoms with Gasteiger partial charge in [0.15, 0.2) is 0 Å². The van der Waals surface area contributed by atoms with E-state index < -0.39 is 0 Å². The molecule has 1 N–H and O–H groups in total. The van der Waals surface area contributed by atoms with Crippen LogP contribution in [0.5, 0.6) is 0 Å². The maximum atomic E-state index is 3.65. The molecule has 17 heavy (non-hydrogen) atoms. The van der Waals surface area contributed by atoms with Gasteiger partial charge in [-0.3, -0.25) is 0 Å². The van der Waals surface area contributed by atoms with Gasteiger partial charge >= 0.3 is 0 Å². The molecule has 1 unspecified atom stereocenters. The summed E-state index contributed by atoms with van der Waals surface area (Å²) in [6, 6.07) is 7.49. The average molecular weight is 231 g/mol. The van der Waals surface area contributed by atoms with Crippen molar-refractivity contribution in [1.82, 2.24) is 5.32 Å². The van der Waals surface area contributed by atoms with E-state index in [1.54, 1.807) is 0 Å². The normalized spacial score (nSPS) is 17.1. The Hall–Kier alpha value is -0.820. The summed E-state index contributed by atoms with van der Waals surface area (Å²) in [6.45, 7) is 7.71. The molecule has 0 bridgehead atoms. The van der Waals surface area contributed by atoms with Crippen LogP contribution < -0.4 is 5.32 Å². The largest absolute Gasteiger partial charge is 0.314 e. The van der Waals surface area contributed by atoms with Crippen LogP contribution in [-0.2, 0) is 6.42 Å². The molecular weight excluding hydrogens is 206 g/mol. The Balaban J connectivity index is 2.01. The number of nitrogens with one attached hydrogen (secondary N) is 1. The zero-order valence-corrected chi connectivity index (χ0v) is 11.4. The summed E-state index contributed by atoms with van der Waals surface area (Å²) < 4.78 is 0. The number of hydrogen-bond donors (Lipinski definition) is 1. The quantitative estimate of drug-likeness (QED) is 0.788. The van der Waals surface area contributed by atoms with Gasteiger partial charge in [0.1, 0.15) is 0 Å². The number of benzene rings is 1. The predicted octanol–water partition coefficient (Wildman–Crippen LogP) is 3.62. The molecule has 1 aliphatic carbocycles. The Kier molecular flexibility index (Phi) is 4.22. The van der Waals surface area contributed by atoms with Crippen molar-refractivity contribution < 1.29 is 0 Å². The van der Waals surface area contributed by atoms with E-state index in [9.17, 15) is 0 Å². The summed E-state index contributed by atoms with van der Waals surface area (Å²) in [5.74, 6) is 1.00. The summed E-state index contributed by atoms with van der Waals surface area (Å²) >= 11 is 0. The van der Waals surface area contributed by atoms with Crippen LogP contribution in [0.3, 0.4) is 0 Å². The molecule has 1 fully saturated rings. The van der Waals surface area contributed by atoms with Gasteiger partial charge < -0.3 is 5.32 Å². The lowest BCUT2D eigenvalue weighted by Crippen LogP contribution is -2.31. The van der Waals surface area contributed by atoms with Gasteiger partial charge in [-0.05, 0) is 50.3 Å². The van der Waals surface area contributed by atoms with E-state index in [0.29, 0.717) is 6.04 Å². The second-order valence-corrected chi connectivity index (χ2v) is 5.57. The molecule has 0 heterocycles. The van der Waals surface area contributed by atoms with Crippen molar-refractivity contribution in [3.8, 4) is 0 Å². The summed E-state index contributed by atoms with van der Waals surface area (Å²) in [4.78, 5) is 0. The maximum absolute atomic E-state index is 3.65. The third kappa shape index (κ3) is 3.85. The van der Waals surface area contributed by atoms with E-state index in [2.05, 4.69) is 44.3 Å². The first-order chi connectivity index (χ1) is 8.19. The minimum Gasteiger partial charge on any atom is -0.314 e. The van der Waals surface area contributed by atoms with Crippen molar-refractivity contribution in [2.45, 2.75) is 52.5 Å². The van der Waals surface area contributed by atoms with Gasteiger partial charge in [-0.15, -0.1) is 0 Å². The smallest absolute Gasteiger partial charge is 0.0110 e. The first kappa shape index (κ1) is 12.6. The van der Waals surface area contributed by atoms with Crippen molar-refractivity contribution in [2.75, 3.05) is 6.54 Å². The lowest BCUT2D eigenvalue weighted by atomic mass is 9.96. The van der Waals surface area contributed by atoms with Crippen LogP contribution in [0.25, 0.3) is 0 Å². The Labute approximate surface area is 106 Å². The zero-order valence-electron chi connectivity index (χ0n) is 11.4. The van der Waals surface area contributed by atoms with Crippen molar-refractivity contribution in [1.29, 1.82) is 0 Å². The Morgan fingerprint density at radius 1 is 1.29 bits per heavy atom. The average Bonchev–Trinajstić information content (AvgIpc) is 3.08. The SMILES string of the molecule is CCNC(Cc1cc(C)ccc1C)CC1CC1. The first-order valence-electron chi connectivity index (χ1n) is 6.98. The number of aryl methyl sites for hydroxylation is 2. The number of hydrogen-bond acceptors (Lipinski definition) is 1. The van der Waals surface area contributed by atoms with E-state index in [-0.39, 0.29) is 0 Å². The van der Waals surface area contributed by atoms with E-state index in [4.69, 9.17) is 0 Å². The summed E-state index contributed by atoms with van der Waals surface area (Å²) in [7, 11) is 0. The third-order valence-electron chi connectivity index (χ3n) is 3.78. The fraction of sp³-hybridized carbons (Fsp3) is 0.625. The molecule has 1 aliphatic rings. The highest BCUT2D eigenvalue weighted by molar-refractivity contribution is 5.31. The monoisotopic (exact) mass is 231 g/mol. The zero-order chi connectivity index (χ0) is 12.3. The van der Waals surface area contributed by atoms with Gasteiger partial charge in [0.2, 0.25) is 0 Å². The van der Waals surface area contributed by atoms with E-state index in [1.807, 2.05) is 0 Å². The summed E-state index contributed by atoms with van der Waals surface area (Å²) in [6.07, 6.45) is 5.46. The summed E-state index contributed by atoms with van der Waals surface area (Å²) in [5.41, 5.74) is 4.35. The minimum atomic E-state index is 0.674. The lowest BCUT2D eigenvalue weighted by Gasteiger charge is -2.19. The molecule has 1 heteroatoms. The third-order valence-corrected chi connectivity index (χ3v) is 3.78. The molecule has 1 atom stereocenters. The highest BCUT2D eigenvalue weighted by Crippen LogP contribution is 2.34. The fourth-order valence-electron chi connectivity index (χ4n) is 2.57. The molecule has 2 rings (SSSR count). The van der Waals surface area contributed by atoms with Crippen LogP contribution >= 0.6 is 0 Å². The Morgan fingerprint density at radius 3 is 2.71 bits per heavy atom. The molecule has 0 aliphatic heterocycles. The maximum Gasteiger partial charge on any atom is 0.0110 e.